The van der Waals surface area contributed by atoms with E-state index in [0.29, 0.717) is 13.2 Å². The van der Waals surface area contributed by atoms with Crippen LogP contribution >= 0.6 is 0 Å². The lowest BCUT2D eigenvalue weighted by molar-refractivity contribution is 0.119. The van der Waals surface area contributed by atoms with Crippen LogP contribution in [0.4, 0.5) is 0 Å². The lowest BCUT2D eigenvalue weighted by Crippen LogP contribution is -2.20. The number of aliphatic hydroxyl groups excluding tert-OH is 1. The Bertz CT molecular complexity index is 224. The van der Waals surface area contributed by atoms with E-state index in [9.17, 15) is 5.11 Å². The molecule has 0 saturated carbocycles. The van der Waals surface area contributed by atoms with Gasteiger partial charge in [0.05, 0.1) is 19.3 Å². The van der Waals surface area contributed by atoms with Crippen molar-refractivity contribution in [3.05, 3.63) is 12.7 Å². The normalized spacial score (nSPS) is 31.0. The van der Waals surface area contributed by atoms with Gasteiger partial charge in [0.2, 0.25) is 0 Å². The summed E-state index contributed by atoms with van der Waals surface area (Å²) < 4.78 is 6.83. The van der Waals surface area contributed by atoms with Gasteiger partial charge in [0.25, 0.3) is 0 Å². The summed E-state index contributed by atoms with van der Waals surface area (Å²) in [6, 6.07) is -0.00926. The number of hydrogen-bond acceptors (Lipinski definition) is 4. The zero-order chi connectivity index (χ0) is 7.68. The lowest BCUT2D eigenvalue weighted by Gasteiger charge is -2.11. The van der Waals surface area contributed by atoms with Crippen molar-refractivity contribution in [1.29, 1.82) is 0 Å². The van der Waals surface area contributed by atoms with Crippen LogP contribution in [-0.4, -0.2) is 39.2 Å². The summed E-state index contributed by atoms with van der Waals surface area (Å²) in [5, 5.41) is 16.7. The van der Waals surface area contributed by atoms with Gasteiger partial charge in [-0.05, 0) is 0 Å². The van der Waals surface area contributed by atoms with Crippen molar-refractivity contribution in [2.45, 2.75) is 12.1 Å². The number of ether oxygens (including phenoxy) is 1. The average molecular weight is 155 g/mol. The first kappa shape index (κ1) is 6.75. The fourth-order valence-electron chi connectivity index (χ4n) is 1.20. The lowest BCUT2D eigenvalue weighted by atomic mass is 10.2. The molecule has 60 valence electrons. The predicted molar refractivity (Wildman–Crippen MR) is 35.9 cm³/mol. The number of rotatable bonds is 1. The van der Waals surface area contributed by atoms with E-state index in [-0.39, 0.29) is 6.04 Å². The number of hydrogen-bond donors (Lipinski definition) is 1. The third kappa shape index (κ3) is 1.12. The van der Waals surface area contributed by atoms with Crippen LogP contribution in [-0.2, 0) is 4.74 Å². The molecule has 0 amide bonds. The highest BCUT2D eigenvalue weighted by molar-refractivity contribution is 4.82. The minimum Gasteiger partial charge on any atom is -0.388 e. The maximum Gasteiger partial charge on any atom is 0.119 e. The number of aliphatic hydroxyl groups is 1. The zero-order valence-electron chi connectivity index (χ0n) is 5.92. The summed E-state index contributed by atoms with van der Waals surface area (Å²) in [5.74, 6) is 0. The van der Waals surface area contributed by atoms with Crippen LogP contribution in [0.25, 0.3) is 0 Å². The Kier molecular flexibility index (Phi) is 1.59. The van der Waals surface area contributed by atoms with Crippen molar-refractivity contribution in [1.82, 2.24) is 14.8 Å². The van der Waals surface area contributed by atoms with E-state index in [2.05, 4.69) is 10.2 Å². The smallest absolute Gasteiger partial charge is 0.119 e. The highest BCUT2D eigenvalue weighted by Gasteiger charge is 2.27. The van der Waals surface area contributed by atoms with Gasteiger partial charge in [0, 0.05) is 0 Å². The standard InChI is InChI=1S/C6H9N3O2/c10-6-2-11-1-5(6)9-3-7-8-4-9/h3-6,10H,1-2H2/t5-,6-/m1/s1. The van der Waals surface area contributed by atoms with E-state index < -0.39 is 6.10 Å². The third-order valence-corrected chi connectivity index (χ3v) is 1.84. The van der Waals surface area contributed by atoms with Gasteiger partial charge in [-0.25, -0.2) is 0 Å². The molecule has 1 aromatic heterocycles. The predicted octanol–water partition coefficient (Wildman–Crippen LogP) is -0.790. The second-order valence-corrected chi connectivity index (χ2v) is 2.58. The SMILES string of the molecule is O[C@@H]1COC[C@H]1n1cnnc1. The highest BCUT2D eigenvalue weighted by atomic mass is 16.5. The molecule has 1 N–H and O–H groups in total. The molecular formula is C6H9N3O2. The second kappa shape index (κ2) is 2.60. The van der Waals surface area contributed by atoms with Gasteiger partial charge in [0.15, 0.2) is 0 Å². The molecule has 1 aromatic rings. The molecule has 1 saturated heterocycles. The van der Waals surface area contributed by atoms with E-state index in [1.807, 2.05) is 0 Å². The quantitative estimate of drug-likeness (QED) is 0.577. The van der Waals surface area contributed by atoms with Crippen molar-refractivity contribution in [2.75, 3.05) is 13.2 Å². The highest BCUT2D eigenvalue weighted by Crippen LogP contribution is 2.17. The monoisotopic (exact) mass is 155 g/mol. The molecule has 0 radical (unpaired) electrons. The van der Waals surface area contributed by atoms with Crippen LogP contribution in [0.3, 0.4) is 0 Å². The zero-order valence-corrected chi connectivity index (χ0v) is 5.92. The van der Waals surface area contributed by atoms with Gasteiger partial charge < -0.3 is 14.4 Å². The fourth-order valence-corrected chi connectivity index (χ4v) is 1.20. The molecule has 2 heterocycles. The largest absolute Gasteiger partial charge is 0.388 e. The first-order chi connectivity index (χ1) is 5.38. The summed E-state index contributed by atoms with van der Waals surface area (Å²) in [4.78, 5) is 0. The van der Waals surface area contributed by atoms with Crippen molar-refractivity contribution >= 4 is 0 Å². The van der Waals surface area contributed by atoms with Crippen molar-refractivity contribution in [2.24, 2.45) is 0 Å². The van der Waals surface area contributed by atoms with E-state index >= 15 is 0 Å². The van der Waals surface area contributed by atoms with E-state index in [0.717, 1.165) is 0 Å². The molecule has 1 aliphatic rings. The topological polar surface area (TPSA) is 60.2 Å². The van der Waals surface area contributed by atoms with Crippen molar-refractivity contribution in [3.8, 4) is 0 Å². The molecule has 5 nitrogen and oxygen atoms in total. The first-order valence-electron chi connectivity index (χ1n) is 3.48. The Labute approximate surface area is 63.6 Å². The maximum absolute atomic E-state index is 9.36. The van der Waals surface area contributed by atoms with Gasteiger partial charge in [-0.15, -0.1) is 10.2 Å². The molecule has 1 aliphatic heterocycles. The Morgan fingerprint density at radius 2 is 2.09 bits per heavy atom. The summed E-state index contributed by atoms with van der Waals surface area (Å²) in [6.07, 6.45) is 2.75. The Hall–Kier alpha value is -0.940. The van der Waals surface area contributed by atoms with Gasteiger partial charge >= 0.3 is 0 Å². The Morgan fingerprint density at radius 3 is 2.64 bits per heavy atom. The molecule has 1 fully saturated rings. The van der Waals surface area contributed by atoms with Crippen LogP contribution in [0.1, 0.15) is 6.04 Å². The van der Waals surface area contributed by atoms with Gasteiger partial charge in [-0.3, -0.25) is 0 Å². The van der Waals surface area contributed by atoms with Crippen LogP contribution < -0.4 is 0 Å². The van der Waals surface area contributed by atoms with Crippen LogP contribution in [0.15, 0.2) is 12.7 Å². The van der Waals surface area contributed by atoms with Crippen molar-refractivity contribution < 1.29 is 9.84 Å². The Balaban J connectivity index is 2.16. The molecule has 2 atom stereocenters. The van der Waals surface area contributed by atoms with E-state index in [1.165, 1.54) is 0 Å². The number of aromatic nitrogens is 3. The summed E-state index contributed by atoms with van der Waals surface area (Å²) >= 11 is 0. The molecule has 5 heteroatoms. The van der Waals surface area contributed by atoms with Gasteiger partial charge in [0.1, 0.15) is 18.8 Å². The molecule has 11 heavy (non-hydrogen) atoms. The second-order valence-electron chi connectivity index (χ2n) is 2.58. The molecule has 0 bridgehead atoms. The van der Waals surface area contributed by atoms with Crippen LogP contribution in [0.2, 0.25) is 0 Å². The van der Waals surface area contributed by atoms with E-state index in [4.69, 9.17) is 4.74 Å². The van der Waals surface area contributed by atoms with Crippen LogP contribution in [0, 0.1) is 0 Å². The molecular weight excluding hydrogens is 146 g/mol. The molecule has 2 rings (SSSR count). The molecule has 0 unspecified atom stereocenters. The van der Waals surface area contributed by atoms with Crippen molar-refractivity contribution in [3.63, 3.8) is 0 Å². The maximum atomic E-state index is 9.36. The Morgan fingerprint density at radius 1 is 1.36 bits per heavy atom. The summed E-state index contributed by atoms with van der Waals surface area (Å²) in [5.41, 5.74) is 0. The fraction of sp³-hybridized carbons (Fsp3) is 0.667. The minimum absolute atomic E-state index is 0.00926. The first-order valence-corrected chi connectivity index (χ1v) is 3.48. The molecule has 0 aliphatic carbocycles. The number of nitrogens with zero attached hydrogens (tertiary/aromatic N) is 3. The van der Waals surface area contributed by atoms with Gasteiger partial charge in [-0.2, -0.15) is 0 Å². The summed E-state index contributed by atoms with van der Waals surface area (Å²) in [6.45, 7) is 0.946. The minimum atomic E-state index is -0.425. The summed E-state index contributed by atoms with van der Waals surface area (Å²) in [7, 11) is 0. The average Bonchev–Trinajstić information content (AvgIpc) is 2.55. The molecule has 0 spiro atoms. The molecule has 0 aromatic carbocycles. The van der Waals surface area contributed by atoms with Crippen LogP contribution in [0.5, 0.6) is 0 Å². The third-order valence-electron chi connectivity index (χ3n) is 1.84. The van der Waals surface area contributed by atoms with Gasteiger partial charge in [-0.1, -0.05) is 0 Å². The van der Waals surface area contributed by atoms with E-state index in [1.54, 1.807) is 17.2 Å².